The van der Waals surface area contributed by atoms with Gasteiger partial charge >= 0.3 is 0 Å². The summed E-state index contributed by atoms with van der Waals surface area (Å²) in [4.78, 5) is 3.94. The van der Waals surface area contributed by atoms with Gasteiger partial charge in [-0.3, -0.25) is 0 Å². The van der Waals surface area contributed by atoms with Crippen molar-refractivity contribution in [2.24, 2.45) is 0 Å². The molecule has 0 amide bonds. The van der Waals surface area contributed by atoms with Crippen molar-refractivity contribution in [2.45, 2.75) is 30.8 Å². The highest BCUT2D eigenvalue weighted by Crippen LogP contribution is 2.35. The predicted molar refractivity (Wildman–Crippen MR) is 91.2 cm³/mol. The summed E-state index contributed by atoms with van der Waals surface area (Å²) < 4.78 is 40.3. The van der Waals surface area contributed by atoms with Crippen molar-refractivity contribution in [2.75, 3.05) is 14.2 Å². The second-order valence-corrected chi connectivity index (χ2v) is 7.21. The van der Waals surface area contributed by atoms with E-state index in [1.807, 2.05) is 11.5 Å². The normalized spacial score (nSPS) is 12.8. The fourth-order valence-corrected chi connectivity index (χ4v) is 3.93. The molecule has 1 atom stereocenters. The van der Waals surface area contributed by atoms with Crippen molar-refractivity contribution in [3.63, 3.8) is 0 Å². The van der Waals surface area contributed by atoms with Crippen LogP contribution >= 0.6 is 11.6 Å². The first-order valence-electron chi connectivity index (χ1n) is 7.30. The molecule has 0 unspecified atom stereocenters. The third-order valence-electron chi connectivity index (χ3n) is 3.53. The van der Waals surface area contributed by atoms with Gasteiger partial charge in [0.05, 0.1) is 25.6 Å². The third-order valence-corrected chi connectivity index (χ3v) is 5.37. The van der Waals surface area contributed by atoms with Crippen LogP contribution in [0, 0.1) is 0 Å². The number of methoxy groups -OCH3 is 2. The number of imidazole rings is 1. The lowest BCUT2D eigenvalue weighted by atomic mass is 10.2. The van der Waals surface area contributed by atoms with Gasteiger partial charge in [-0.05, 0) is 6.42 Å². The first-order chi connectivity index (χ1) is 11.4. The minimum atomic E-state index is -3.81. The Hall–Kier alpha value is -1.77. The second kappa shape index (κ2) is 7.87. The van der Waals surface area contributed by atoms with E-state index in [0.29, 0.717) is 13.0 Å². The Morgan fingerprint density at radius 2 is 2.00 bits per heavy atom. The molecule has 1 aromatic heterocycles. The number of nitrogens with zero attached hydrogens (tertiary/aromatic N) is 2. The van der Waals surface area contributed by atoms with Crippen LogP contribution in [0.15, 0.2) is 35.7 Å². The van der Waals surface area contributed by atoms with Crippen LogP contribution in [0.25, 0.3) is 0 Å². The summed E-state index contributed by atoms with van der Waals surface area (Å²) in [5.41, 5.74) is 0. The van der Waals surface area contributed by atoms with Crippen LogP contribution in [0.5, 0.6) is 11.5 Å². The molecule has 0 aliphatic rings. The van der Waals surface area contributed by atoms with Crippen LogP contribution in [0.4, 0.5) is 0 Å². The van der Waals surface area contributed by atoms with Gasteiger partial charge in [-0.15, -0.1) is 0 Å². The Bertz CT molecular complexity index is 778. The third kappa shape index (κ3) is 4.19. The van der Waals surface area contributed by atoms with Gasteiger partial charge in [-0.2, -0.15) is 0 Å². The number of aromatic nitrogens is 2. The number of rotatable bonds is 8. The van der Waals surface area contributed by atoms with Gasteiger partial charge in [0.15, 0.2) is 0 Å². The molecule has 1 aromatic carbocycles. The molecule has 0 bridgehead atoms. The number of hydrogen-bond donors (Lipinski definition) is 1. The van der Waals surface area contributed by atoms with Crippen LogP contribution in [0.3, 0.4) is 0 Å². The Balaban J connectivity index is 2.31. The highest BCUT2D eigenvalue weighted by atomic mass is 35.5. The van der Waals surface area contributed by atoms with Gasteiger partial charge in [0, 0.05) is 37.1 Å². The molecular weight excluding hydrogens is 354 g/mol. The minimum absolute atomic E-state index is 0.0182. The van der Waals surface area contributed by atoms with E-state index < -0.39 is 10.0 Å². The van der Waals surface area contributed by atoms with E-state index in [0.717, 1.165) is 0 Å². The van der Waals surface area contributed by atoms with E-state index >= 15 is 0 Å². The van der Waals surface area contributed by atoms with Gasteiger partial charge in [-0.1, -0.05) is 18.5 Å². The summed E-state index contributed by atoms with van der Waals surface area (Å²) in [6.45, 7) is 2.38. The molecule has 7 nitrogen and oxygen atoms in total. The molecule has 9 heteroatoms. The summed E-state index contributed by atoms with van der Waals surface area (Å²) >= 11 is 6.03. The molecule has 0 radical (unpaired) electrons. The highest BCUT2D eigenvalue weighted by molar-refractivity contribution is 7.89. The number of halogens is 1. The summed E-state index contributed by atoms with van der Waals surface area (Å²) in [5.74, 6) is 0.422. The van der Waals surface area contributed by atoms with Crippen molar-refractivity contribution in [3.8, 4) is 11.5 Å². The lowest BCUT2D eigenvalue weighted by Crippen LogP contribution is -2.37. The number of ether oxygens (including phenoxy) is 2. The quantitative estimate of drug-likeness (QED) is 0.767. The Kier molecular flexibility index (Phi) is 6.09. The maximum Gasteiger partial charge on any atom is 0.244 e. The van der Waals surface area contributed by atoms with E-state index in [1.165, 1.54) is 26.4 Å². The summed E-state index contributed by atoms with van der Waals surface area (Å²) in [5, 5.41) is 0.277. The van der Waals surface area contributed by atoms with Gasteiger partial charge in [-0.25, -0.2) is 18.1 Å². The zero-order valence-corrected chi connectivity index (χ0v) is 15.3. The van der Waals surface area contributed by atoms with Gasteiger partial charge in [0.1, 0.15) is 16.4 Å². The van der Waals surface area contributed by atoms with Gasteiger partial charge in [0.25, 0.3) is 0 Å². The first-order valence-corrected chi connectivity index (χ1v) is 9.17. The maximum atomic E-state index is 12.8. The number of benzene rings is 1. The molecule has 0 saturated heterocycles. The highest BCUT2D eigenvalue weighted by Gasteiger charge is 2.25. The SMILES string of the molecule is CC[C@@H](Cn1ccnc1)NS(=O)(=O)c1cc(OC)c(Cl)cc1OC. The molecule has 0 saturated carbocycles. The van der Waals surface area contributed by atoms with Crippen LogP contribution in [0.1, 0.15) is 13.3 Å². The zero-order valence-electron chi connectivity index (χ0n) is 13.7. The minimum Gasteiger partial charge on any atom is -0.495 e. The smallest absolute Gasteiger partial charge is 0.244 e. The first kappa shape index (κ1) is 18.6. The van der Waals surface area contributed by atoms with E-state index in [1.54, 1.807) is 18.7 Å². The zero-order chi connectivity index (χ0) is 17.7. The lowest BCUT2D eigenvalue weighted by Gasteiger charge is -2.19. The van der Waals surface area contributed by atoms with E-state index in [-0.39, 0.29) is 27.5 Å². The van der Waals surface area contributed by atoms with E-state index in [4.69, 9.17) is 21.1 Å². The Morgan fingerprint density at radius 1 is 1.29 bits per heavy atom. The Labute approximate surface area is 146 Å². The summed E-state index contributed by atoms with van der Waals surface area (Å²) in [6, 6.07) is 2.48. The van der Waals surface area contributed by atoms with Crippen LogP contribution in [-0.2, 0) is 16.6 Å². The van der Waals surface area contributed by atoms with Crippen LogP contribution < -0.4 is 14.2 Å². The van der Waals surface area contributed by atoms with Crippen molar-refractivity contribution in [1.29, 1.82) is 0 Å². The lowest BCUT2D eigenvalue weighted by molar-refractivity contribution is 0.391. The van der Waals surface area contributed by atoms with Gasteiger partial charge < -0.3 is 14.0 Å². The standard InChI is InChI=1S/C15H20ClN3O4S/c1-4-11(9-19-6-5-17-10-19)18-24(20,21)15-8-13(22-2)12(16)7-14(15)23-3/h5-8,10-11,18H,4,9H2,1-3H3/t11-/m0/s1. The Morgan fingerprint density at radius 3 is 2.54 bits per heavy atom. The molecule has 2 aromatic rings. The summed E-state index contributed by atoms with van der Waals surface area (Å²) in [6.07, 6.45) is 5.68. The summed E-state index contributed by atoms with van der Waals surface area (Å²) in [7, 11) is -1.00. The van der Waals surface area contributed by atoms with Crippen LogP contribution in [-0.4, -0.2) is 38.2 Å². The predicted octanol–water partition coefficient (Wildman–Crippen LogP) is 2.31. The molecule has 132 valence electrons. The van der Waals surface area contributed by atoms with Crippen molar-refractivity contribution < 1.29 is 17.9 Å². The monoisotopic (exact) mass is 373 g/mol. The van der Waals surface area contributed by atoms with Crippen LogP contribution in [0.2, 0.25) is 5.02 Å². The maximum absolute atomic E-state index is 12.8. The topological polar surface area (TPSA) is 82.5 Å². The molecule has 1 heterocycles. The van der Waals surface area contributed by atoms with Crippen molar-refractivity contribution in [1.82, 2.24) is 14.3 Å². The average molecular weight is 374 g/mol. The molecule has 0 fully saturated rings. The molecule has 1 N–H and O–H groups in total. The second-order valence-electron chi connectivity index (χ2n) is 5.12. The molecular formula is C15H20ClN3O4S. The van der Waals surface area contributed by atoms with Crippen molar-refractivity contribution >= 4 is 21.6 Å². The molecule has 24 heavy (non-hydrogen) atoms. The number of hydrogen-bond acceptors (Lipinski definition) is 5. The fraction of sp³-hybridized carbons (Fsp3) is 0.400. The molecule has 0 aliphatic heterocycles. The number of sulfonamides is 1. The number of nitrogens with one attached hydrogen (secondary N) is 1. The largest absolute Gasteiger partial charge is 0.495 e. The van der Waals surface area contributed by atoms with Gasteiger partial charge in [0.2, 0.25) is 10.0 Å². The fourth-order valence-electron chi connectivity index (χ4n) is 2.22. The average Bonchev–Trinajstić information content (AvgIpc) is 3.06. The molecule has 0 aliphatic carbocycles. The molecule has 0 spiro atoms. The van der Waals surface area contributed by atoms with Crippen molar-refractivity contribution in [3.05, 3.63) is 35.9 Å². The van der Waals surface area contributed by atoms with E-state index in [2.05, 4.69) is 9.71 Å². The van der Waals surface area contributed by atoms with E-state index in [9.17, 15) is 8.42 Å². The molecule has 2 rings (SSSR count).